The summed E-state index contributed by atoms with van der Waals surface area (Å²) in [6.45, 7) is 4.12. The van der Waals surface area contributed by atoms with E-state index in [1.165, 1.54) is 12.1 Å². The van der Waals surface area contributed by atoms with Crippen molar-refractivity contribution < 1.29 is 9.50 Å². The number of aromatic nitrogens is 2. The SMILES string of the molecule is CC(c1ccc(F)cc1)C(C)n1cncc1CO. The summed E-state index contributed by atoms with van der Waals surface area (Å²) in [7, 11) is 0. The molecule has 18 heavy (non-hydrogen) atoms. The molecule has 1 aromatic carbocycles. The predicted molar refractivity (Wildman–Crippen MR) is 67.7 cm³/mol. The van der Waals surface area contributed by atoms with Crippen LogP contribution in [-0.4, -0.2) is 14.7 Å². The molecule has 0 spiro atoms. The van der Waals surface area contributed by atoms with Gasteiger partial charge in [0.05, 0.1) is 24.8 Å². The second-order valence-corrected chi connectivity index (χ2v) is 4.53. The van der Waals surface area contributed by atoms with Crippen LogP contribution in [0.1, 0.15) is 37.1 Å². The number of rotatable bonds is 4. The van der Waals surface area contributed by atoms with E-state index < -0.39 is 0 Å². The number of hydrogen-bond donors (Lipinski definition) is 1. The molecule has 0 amide bonds. The van der Waals surface area contributed by atoms with Gasteiger partial charge < -0.3 is 9.67 Å². The van der Waals surface area contributed by atoms with Gasteiger partial charge in [-0.05, 0) is 24.6 Å². The number of aliphatic hydroxyl groups is 1. The highest BCUT2D eigenvalue weighted by atomic mass is 19.1. The molecule has 0 radical (unpaired) electrons. The highest BCUT2D eigenvalue weighted by Crippen LogP contribution is 2.28. The van der Waals surface area contributed by atoms with Crippen molar-refractivity contribution in [2.75, 3.05) is 0 Å². The number of benzene rings is 1. The normalized spacial score (nSPS) is 14.4. The van der Waals surface area contributed by atoms with E-state index in [0.717, 1.165) is 11.3 Å². The molecule has 0 bridgehead atoms. The van der Waals surface area contributed by atoms with Gasteiger partial charge in [0.15, 0.2) is 0 Å². The van der Waals surface area contributed by atoms with Crippen LogP contribution in [0.3, 0.4) is 0 Å². The van der Waals surface area contributed by atoms with Crippen molar-refractivity contribution in [3.05, 3.63) is 53.9 Å². The first-order chi connectivity index (χ1) is 8.63. The van der Waals surface area contributed by atoms with Crippen molar-refractivity contribution >= 4 is 0 Å². The summed E-state index contributed by atoms with van der Waals surface area (Å²) >= 11 is 0. The molecule has 0 saturated carbocycles. The molecule has 2 rings (SSSR count). The zero-order valence-electron chi connectivity index (χ0n) is 10.5. The summed E-state index contributed by atoms with van der Waals surface area (Å²) < 4.78 is 14.8. The molecular weight excluding hydrogens is 231 g/mol. The largest absolute Gasteiger partial charge is 0.390 e. The van der Waals surface area contributed by atoms with Crippen LogP contribution in [0.25, 0.3) is 0 Å². The van der Waals surface area contributed by atoms with Crippen LogP contribution in [0.4, 0.5) is 4.39 Å². The molecule has 0 saturated heterocycles. The van der Waals surface area contributed by atoms with Crippen molar-refractivity contribution in [1.82, 2.24) is 9.55 Å². The highest BCUT2D eigenvalue weighted by molar-refractivity contribution is 5.21. The molecule has 3 nitrogen and oxygen atoms in total. The second kappa shape index (κ2) is 5.31. The Morgan fingerprint density at radius 2 is 1.94 bits per heavy atom. The number of imidazole rings is 1. The van der Waals surface area contributed by atoms with Crippen LogP contribution in [0, 0.1) is 5.82 Å². The fourth-order valence-electron chi connectivity index (χ4n) is 2.11. The minimum atomic E-state index is -0.225. The summed E-state index contributed by atoms with van der Waals surface area (Å²) in [6, 6.07) is 6.69. The lowest BCUT2D eigenvalue weighted by atomic mass is 9.94. The summed E-state index contributed by atoms with van der Waals surface area (Å²) in [4.78, 5) is 4.05. The van der Waals surface area contributed by atoms with Crippen LogP contribution in [0.15, 0.2) is 36.8 Å². The van der Waals surface area contributed by atoms with Gasteiger partial charge in [0.2, 0.25) is 0 Å². The fourth-order valence-corrected chi connectivity index (χ4v) is 2.11. The van der Waals surface area contributed by atoms with E-state index in [1.807, 2.05) is 4.57 Å². The summed E-state index contributed by atoms with van der Waals surface area (Å²) in [5, 5.41) is 9.23. The van der Waals surface area contributed by atoms with Crippen LogP contribution < -0.4 is 0 Å². The Kier molecular flexibility index (Phi) is 3.77. The third-order valence-corrected chi connectivity index (χ3v) is 3.47. The van der Waals surface area contributed by atoms with E-state index in [-0.39, 0.29) is 24.4 Å². The Balaban J connectivity index is 2.23. The fraction of sp³-hybridized carbons (Fsp3) is 0.357. The molecule has 0 fully saturated rings. The molecule has 2 unspecified atom stereocenters. The third kappa shape index (κ3) is 2.43. The predicted octanol–water partition coefficient (Wildman–Crippen LogP) is 2.88. The lowest BCUT2D eigenvalue weighted by molar-refractivity contribution is 0.264. The van der Waals surface area contributed by atoms with Crippen LogP contribution in [-0.2, 0) is 6.61 Å². The lowest BCUT2D eigenvalue weighted by Crippen LogP contribution is -2.14. The zero-order chi connectivity index (χ0) is 13.1. The monoisotopic (exact) mass is 248 g/mol. The molecule has 2 atom stereocenters. The first kappa shape index (κ1) is 12.8. The Hall–Kier alpha value is -1.68. The maximum atomic E-state index is 12.9. The quantitative estimate of drug-likeness (QED) is 0.903. The Bertz CT molecular complexity index is 507. The van der Waals surface area contributed by atoms with E-state index in [1.54, 1.807) is 24.7 Å². The first-order valence-electron chi connectivity index (χ1n) is 6.00. The van der Waals surface area contributed by atoms with E-state index in [2.05, 4.69) is 18.8 Å². The Labute approximate surface area is 106 Å². The first-order valence-corrected chi connectivity index (χ1v) is 6.00. The average molecular weight is 248 g/mol. The molecule has 0 aliphatic rings. The molecule has 0 aliphatic carbocycles. The Morgan fingerprint density at radius 1 is 1.28 bits per heavy atom. The van der Waals surface area contributed by atoms with E-state index >= 15 is 0 Å². The van der Waals surface area contributed by atoms with Crippen molar-refractivity contribution in [2.24, 2.45) is 0 Å². The standard InChI is InChI=1S/C14H17FN2O/c1-10(12-3-5-13(15)6-4-12)11(2)17-9-16-7-14(17)8-18/h3-7,9-11,18H,8H2,1-2H3. The summed E-state index contributed by atoms with van der Waals surface area (Å²) in [5.41, 5.74) is 1.86. The van der Waals surface area contributed by atoms with Gasteiger partial charge in [-0.1, -0.05) is 19.1 Å². The number of nitrogens with zero attached hydrogens (tertiary/aromatic N) is 2. The molecule has 0 aliphatic heterocycles. The molecule has 1 aromatic heterocycles. The highest BCUT2D eigenvalue weighted by Gasteiger charge is 2.17. The molecule has 2 aromatic rings. The maximum absolute atomic E-state index is 12.9. The summed E-state index contributed by atoms with van der Waals surface area (Å²) in [6.07, 6.45) is 3.38. The molecule has 1 heterocycles. The van der Waals surface area contributed by atoms with E-state index in [0.29, 0.717) is 0 Å². The van der Waals surface area contributed by atoms with Gasteiger partial charge in [-0.15, -0.1) is 0 Å². The zero-order valence-corrected chi connectivity index (χ0v) is 10.5. The van der Waals surface area contributed by atoms with Gasteiger partial charge in [0.1, 0.15) is 5.82 Å². The topological polar surface area (TPSA) is 38.0 Å². The van der Waals surface area contributed by atoms with E-state index in [4.69, 9.17) is 0 Å². The van der Waals surface area contributed by atoms with Crippen LogP contribution in [0.2, 0.25) is 0 Å². The third-order valence-electron chi connectivity index (χ3n) is 3.47. The van der Waals surface area contributed by atoms with Gasteiger partial charge in [0.25, 0.3) is 0 Å². The number of aliphatic hydroxyl groups excluding tert-OH is 1. The number of hydrogen-bond acceptors (Lipinski definition) is 2. The lowest BCUT2D eigenvalue weighted by Gasteiger charge is -2.23. The smallest absolute Gasteiger partial charge is 0.123 e. The number of halogens is 1. The Morgan fingerprint density at radius 3 is 2.56 bits per heavy atom. The van der Waals surface area contributed by atoms with Gasteiger partial charge in [-0.3, -0.25) is 0 Å². The van der Waals surface area contributed by atoms with Crippen molar-refractivity contribution in [3.63, 3.8) is 0 Å². The van der Waals surface area contributed by atoms with Gasteiger partial charge in [-0.2, -0.15) is 0 Å². The minimum absolute atomic E-state index is 0.0273. The molecule has 4 heteroatoms. The van der Waals surface area contributed by atoms with Crippen molar-refractivity contribution in [1.29, 1.82) is 0 Å². The minimum Gasteiger partial charge on any atom is -0.390 e. The average Bonchev–Trinajstić information content (AvgIpc) is 2.86. The molecule has 1 N–H and O–H groups in total. The van der Waals surface area contributed by atoms with E-state index in [9.17, 15) is 9.50 Å². The maximum Gasteiger partial charge on any atom is 0.123 e. The molecular formula is C14H17FN2O. The van der Waals surface area contributed by atoms with Crippen LogP contribution in [0.5, 0.6) is 0 Å². The van der Waals surface area contributed by atoms with Gasteiger partial charge in [0, 0.05) is 12.0 Å². The van der Waals surface area contributed by atoms with Gasteiger partial charge >= 0.3 is 0 Å². The van der Waals surface area contributed by atoms with Crippen molar-refractivity contribution in [3.8, 4) is 0 Å². The van der Waals surface area contributed by atoms with Gasteiger partial charge in [-0.25, -0.2) is 9.37 Å². The van der Waals surface area contributed by atoms with Crippen molar-refractivity contribution in [2.45, 2.75) is 32.4 Å². The molecule has 96 valence electrons. The van der Waals surface area contributed by atoms with Crippen LogP contribution >= 0.6 is 0 Å². The second-order valence-electron chi connectivity index (χ2n) is 4.53. The summed E-state index contributed by atoms with van der Waals surface area (Å²) in [5.74, 6) is -0.0117.